The standard InChI is InChI=1S/C13H16N4O3/c14-4-3-11(16-7-5-15-6-8-16)10-1-2-13(18)12(9-10)17(19)20/h1-2,9,11,15,18H,3,5-8H2/t11-/m0/s1. The fourth-order valence-electron chi connectivity index (χ4n) is 2.43. The van der Waals surface area contributed by atoms with E-state index in [-0.39, 0.29) is 23.9 Å². The van der Waals surface area contributed by atoms with Gasteiger partial charge in [-0.15, -0.1) is 0 Å². The van der Waals surface area contributed by atoms with Gasteiger partial charge in [-0.25, -0.2) is 0 Å². The first-order chi connectivity index (χ1) is 9.63. The highest BCUT2D eigenvalue weighted by molar-refractivity contribution is 5.48. The summed E-state index contributed by atoms with van der Waals surface area (Å²) < 4.78 is 0. The number of rotatable bonds is 4. The van der Waals surface area contributed by atoms with Gasteiger partial charge < -0.3 is 10.4 Å². The number of nitrogens with one attached hydrogen (secondary N) is 1. The molecule has 7 heteroatoms. The van der Waals surface area contributed by atoms with E-state index in [0.717, 1.165) is 26.2 Å². The van der Waals surface area contributed by atoms with Crippen molar-refractivity contribution < 1.29 is 10.0 Å². The minimum absolute atomic E-state index is 0.179. The van der Waals surface area contributed by atoms with Crippen molar-refractivity contribution in [1.82, 2.24) is 10.2 Å². The van der Waals surface area contributed by atoms with Crippen LogP contribution in [-0.2, 0) is 0 Å². The molecule has 0 spiro atoms. The van der Waals surface area contributed by atoms with Crippen molar-refractivity contribution in [2.75, 3.05) is 26.2 Å². The van der Waals surface area contributed by atoms with Crippen molar-refractivity contribution >= 4 is 5.69 Å². The van der Waals surface area contributed by atoms with Crippen LogP contribution in [0.1, 0.15) is 18.0 Å². The molecule has 1 aromatic carbocycles. The van der Waals surface area contributed by atoms with E-state index < -0.39 is 4.92 Å². The van der Waals surface area contributed by atoms with Gasteiger partial charge in [-0.3, -0.25) is 15.0 Å². The SMILES string of the molecule is N#CC[C@@H](c1ccc(O)c([N+](=O)[O-])c1)N1CCNCC1. The molecule has 7 nitrogen and oxygen atoms in total. The van der Waals surface area contributed by atoms with Gasteiger partial charge in [0.2, 0.25) is 0 Å². The van der Waals surface area contributed by atoms with E-state index in [0.29, 0.717) is 5.56 Å². The first-order valence-electron chi connectivity index (χ1n) is 6.42. The fraction of sp³-hybridized carbons (Fsp3) is 0.462. The van der Waals surface area contributed by atoms with Crippen molar-refractivity contribution in [1.29, 1.82) is 5.26 Å². The highest BCUT2D eigenvalue weighted by Gasteiger charge is 2.24. The Bertz CT molecular complexity index is 535. The molecule has 2 N–H and O–H groups in total. The number of nitro benzene ring substituents is 1. The maximum absolute atomic E-state index is 10.9. The van der Waals surface area contributed by atoms with Gasteiger partial charge in [-0.1, -0.05) is 6.07 Å². The number of piperazine rings is 1. The molecule has 1 aliphatic heterocycles. The Kier molecular flexibility index (Phi) is 4.50. The summed E-state index contributed by atoms with van der Waals surface area (Å²) in [6.07, 6.45) is 0.266. The Hall–Kier alpha value is -2.17. The third-order valence-electron chi connectivity index (χ3n) is 3.46. The second-order valence-corrected chi connectivity index (χ2v) is 4.67. The third kappa shape index (κ3) is 3.04. The number of hydrogen-bond acceptors (Lipinski definition) is 6. The molecular formula is C13H16N4O3. The molecule has 106 valence electrons. The molecular weight excluding hydrogens is 260 g/mol. The Labute approximate surface area is 116 Å². The average Bonchev–Trinajstić information content (AvgIpc) is 2.46. The van der Waals surface area contributed by atoms with Crippen LogP contribution in [0.4, 0.5) is 5.69 Å². The number of nitrogens with zero attached hydrogens (tertiary/aromatic N) is 3. The molecule has 2 rings (SSSR count). The van der Waals surface area contributed by atoms with E-state index in [4.69, 9.17) is 5.26 Å². The molecule has 1 saturated heterocycles. The van der Waals surface area contributed by atoms with Gasteiger partial charge in [0.1, 0.15) is 0 Å². The second kappa shape index (κ2) is 6.32. The molecule has 0 unspecified atom stereocenters. The van der Waals surface area contributed by atoms with Gasteiger partial charge >= 0.3 is 5.69 Å². The first kappa shape index (κ1) is 14.2. The van der Waals surface area contributed by atoms with Crippen molar-refractivity contribution in [2.24, 2.45) is 0 Å². The van der Waals surface area contributed by atoms with Crippen LogP contribution in [0.5, 0.6) is 5.75 Å². The Morgan fingerprint density at radius 2 is 2.20 bits per heavy atom. The van der Waals surface area contributed by atoms with Crippen molar-refractivity contribution in [3.05, 3.63) is 33.9 Å². The van der Waals surface area contributed by atoms with Crippen LogP contribution in [0.15, 0.2) is 18.2 Å². The van der Waals surface area contributed by atoms with Crippen LogP contribution in [-0.4, -0.2) is 41.1 Å². The van der Waals surface area contributed by atoms with E-state index in [1.807, 2.05) is 0 Å². The molecule has 0 radical (unpaired) electrons. The van der Waals surface area contributed by atoms with Crippen LogP contribution >= 0.6 is 0 Å². The number of nitriles is 1. The second-order valence-electron chi connectivity index (χ2n) is 4.67. The van der Waals surface area contributed by atoms with Crippen LogP contribution in [0.3, 0.4) is 0 Å². The first-order valence-corrected chi connectivity index (χ1v) is 6.42. The molecule has 1 aromatic rings. The molecule has 0 saturated carbocycles. The summed E-state index contributed by atoms with van der Waals surface area (Å²) in [7, 11) is 0. The molecule has 1 fully saturated rings. The maximum atomic E-state index is 10.9. The molecule has 0 bridgehead atoms. The molecule has 0 amide bonds. The molecule has 0 aromatic heterocycles. The zero-order valence-corrected chi connectivity index (χ0v) is 11.0. The minimum Gasteiger partial charge on any atom is -0.502 e. The van der Waals surface area contributed by atoms with E-state index in [9.17, 15) is 15.2 Å². The number of hydrogen-bond donors (Lipinski definition) is 2. The van der Waals surface area contributed by atoms with Gasteiger partial charge in [0.25, 0.3) is 0 Å². The Morgan fingerprint density at radius 3 is 2.80 bits per heavy atom. The van der Waals surface area contributed by atoms with E-state index in [1.165, 1.54) is 12.1 Å². The summed E-state index contributed by atoms with van der Waals surface area (Å²) >= 11 is 0. The van der Waals surface area contributed by atoms with Crippen molar-refractivity contribution in [2.45, 2.75) is 12.5 Å². The molecule has 1 aliphatic rings. The predicted molar refractivity (Wildman–Crippen MR) is 72.2 cm³/mol. The van der Waals surface area contributed by atoms with E-state index in [1.54, 1.807) is 6.07 Å². The monoisotopic (exact) mass is 276 g/mol. The number of phenols is 1. The van der Waals surface area contributed by atoms with Crippen LogP contribution in [0.2, 0.25) is 0 Å². The summed E-state index contributed by atoms with van der Waals surface area (Å²) in [5, 5.41) is 32.6. The fourth-order valence-corrected chi connectivity index (χ4v) is 2.43. The molecule has 1 atom stereocenters. The van der Waals surface area contributed by atoms with Gasteiger partial charge in [0.05, 0.1) is 17.4 Å². The lowest BCUT2D eigenvalue weighted by atomic mass is 10.0. The van der Waals surface area contributed by atoms with Crippen molar-refractivity contribution in [3.63, 3.8) is 0 Å². The lowest BCUT2D eigenvalue weighted by Gasteiger charge is -2.34. The zero-order valence-electron chi connectivity index (χ0n) is 11.0. The maximum Gasteiger partial charge on any atom is 0.311 e. The number of benzene rings is 1. The number of aromatic hydroxyl groups is 1. The van der Waals surface area contributed by atoms with Gasteiger partial charge in [-0.05, 0) is 11.6 Å². The number of phenolic OH excluding ortho intramolecular Hbond substituents is 1. The smallest absolute Gasteiger partial charge is 0.311 e. The summed E-state index contributed by atoms with van der Waals surface area (Å²) in [4.78, 5) is 12.4. The molecule has 1 heterocycles. The minimum atomic E-state index is -0.611. The van der Waals surface area contributed by atoms with Gasteiger partial charge in [0.15, 0.2) is 5.75 Å². The number of nitro groups is 1. The molecule has 20 heavy (non-hydrogen) atoms. The van der Waals surface area contributed by atoms with Crippen LogP contribution in [0, 0.1) is 21.4 Å². The van der Waals surface area contributed by atoms with Gasteiger partial charge in [0, 0.05) is 38.3 Å². The third-order valence-corrected chi connectivity index (χ3v) is 3.46. The topological polar surface area (TPSA) is 102 Å². The predicted octanol–water partition coefficient (Wildman–Crippen LogP) is 1.16. The van der Waals surface area contributed by atoms with Crippen molar-refractivity contribution in [3.8, 4) is 11.8 Å². The lowest BCUT2D eigenvalue weighted by molar-refractivity contribution is -0.386. The largest absolute Gasteiger partial charge is 0.502 e. The summed E-state index contributed by atoms with van der Waals surface area (Å²) in [5.74, 6) is -0.352. The quantitative estimate of drug-likeness (QED) is 0.632. The van der Waals surface area contributed by atoms with E-state index >= 15 is 0 Å². The Balaban J connectivity index is 2.31. The normalized spacial score (nSPS) is 17.4. The highest BCUT2D eigenvalue weighted by atomic mass is 16.6. The van der Waals surface area contributed by atoms with Crippen LogP contribution < -0.4 is 5.32 Å². The van der Waals surface area contributed by atoms with Crippen LogP contribution in [0.25, 0.3) is 0 Å². The summed E-state index contributed by atoms with van der Waals surface area (Å²) in [5.41, 5.74) is 0.374. The summed E-state index contributed by atoms with van der Waals surface area (Å²) in [6, 6.07) is 6.28. The van der Waals surface area contributed by atoms with E-state index in [2.05, 4.69) is 16.3 Å². The van der Waals surface area contributed by atoms with Gasteiger partial charge in [-0.2, -0.15) is 5.26 Å². The molecule has 0 aliphatic carbocycles. The average molecular weight is 276 g/mol. The zero-order chi connectivity index (χ0) is 14.5. The Morgan fingerprint density at radius 1 is 1.50 bits per heavy atom. The highest BCUT2D eigenvalue weighted by Crippen LogP contribution is 2.32. The lowest BCUT2D eigenvalue weighted by Crippen LogP contribution is -2.45. The summed E-state index contributed by atoms with van der Waals surface area (Å²) in [6.45, 7) is 3.26.